The zero-order valence-electron chi connectivity index (χ0n) is 7.26. The summed E-state index contributed by atoms with van der Waals surface area (Å²) < 4.78 is 24.8. The third-order valence-corrected chi connectivity index (χ3v) is 1.94. The number of rotatable bonds is 3. The molecule has 14 heavy (non-hydrogen) atoms. The highest BCUT2D eigenvalue weighted by molar-refractivity contribution is 5.32. The Hall–Kier alpha value is -1.27. The summed E-state index contributed by atoms with van der Waals surface area (Å²) in [5.74, 6) is 0. The maximum atomic E-state index is 12.4. The van der Waals surface area contributed by atoms with Crippen molar-refractivity contribution in [1.29, 1.82) is 0 Å². The summed E-state index contributed by atoms with van der Waals surface area (Å²) in [5, 5.41) is 8.82. The van der Waals surface area contributed by atoms with Crippen molar-refractivity contribution in [2.45, 2.75) is 19.6 Å². The van der Waals surface area contributed by atoms with Crippen LogP contribution in [0.3, 0.4) is 0 Å². The fourth-order valence-electron chi connectivity index (χ4n) is 1.23. The predicted molar refractivity (Wildman–Crippen MR) is 45.8 cm³/mol. The molecule has 0 unspecified atom stereocenters. The van der Waals surface area contributed by atoms with Gasteiger partial charge in [-0.15, -0.1) is 0 Å². The Labute approximate surface area is 78.4 Å². The van der Waals surface area contributed by atoms with E-state index in [4.69, 9.17) is 10.8 Å². The number of aromatic amines is 1. The second kappa shape index (κ2) is 4.30. The number of nitrogens with two attached hydrogens (primary N) is 1. The Morgan fingerprint density at radius 2 is 2.14 bits per heavy atom. The molecular formula is C8H10F2N2O2. The topological polar surface area (TPSA) is 79.1 Å². The molecule has 1 rings (SSSR count). The van der Waals surface area contributed by atoms with E-state index in [2.05, 4.69) is 4.98 Å². The summed E-state index contributed by atoms with van der Waals surface area (Å²) in [4.78, 5) is 13.2. The lowest BCUT2D eigenvalue weighted by Crippen LogP contribution is -2.19. The number of nitrogens with one attached hydrogen (secondary N) is 1. The van der Waals surface area contributed by atoms with Gasteiger partial charge in [-0.25, -0.2) is 8.78 Å². The van der Waals surface area contributed by atoms with Gasteiger partial charge in [-0.05, 0) is 5.56 Å². The van der Waals surface area contributed by atoms with Crippen LogP contribution in [0, 0.1) is 0 Å². The van der Waals surface area contributed by atoms with Crippen molar-refractivity contribution in [2.75, 3.05) is 0 Å². The molecule has 0 fully saturated rings. The number of aliphatic hydroxyl groups is 1. The normalized spacial score (nSPS) is 10.9. The number of alkyl halides is 2. The third-order valence-electron chi connectivity index (χ3n) is 1.94. The van der Waals surface area contributed by atoms with Crippen molar-refractivity contribution in [3.63, 3.8) is 0 Å². The van der Waals surface area contributed by atoms with E-state index >= 15 is 0 Å². The smallest absolute Gasteiger partial charge is 0.265 e. The number of hydrogen-bond donors (Lipinski definition) is 3. The number of pyridine rings is 1. The molecule has 0 radical (unpaired) electrons. The SMILES string of the molecule is NCc1c(C(F)F)c[nH]c(=O)c1CO. The van der Waals surface area contributed by atoms with Gasteiger partial charge in [0.05, 0.1) is 6.61 Å². The molecule has 0 aliphatic rings. The highest BCUT2D eigenvalue weighted by Gasteiger charge is 2.17. The van der Waals surface area contributed by atoms with Gasteiger partial charge in [0.25, 0.3) is 12.0 Å². The fraction of sp³-hybridized carbons (Fsp3) is 0.375. The van der Waals surface area contributed by atoms with Crippen LogP contribution in [0.1, 0.15) is 23.1 Å². The Balaban J connectivity index is 3.40. The van der Waals surface area contributed by atoms with Crippen LogP contribution in [-0.2, 0) is 13.2 Å². The van der Waals surface area contributed by atoms with Crippen molar-refractivity contribution in [1.82, 2.24) is 4.98 Å². The molecule has 0 amide bonds. The van der Waals surface area contributed by atoms with E-state index in [1.165, 1.54) is 0 Å². The number of hydrogen-bond acceptors (Lipinski definition) is 3. The Kier molecular flexibility index (Phi) is 3.32. The summed E-state index contributed by atoms with van der Waals surface area (Å²) in [7, 11) is 0. The Morgan fingerprint density at radius 1 is 1.50 bits per heavy atom. The van der Waals surface area contributed by atoms with Crippen LogP contribution in [0.2, 0.25) is 0 Å². The monoisotopic (exact) mass is 204 g/mol. The molecular weight excluding hydrogens is 194 g/mol. The molecule has 4 N–H and O–H groups in total. The first kappa shape index (κ1) is 10.8. The van der Waals surface area contributed by atoms with Gasteiger partial charge in [0, 0.05) is 23.9 Å². The lowest BCUT2D eigenvalue weighted by molar-refractivity contribution is 0.149. The highest BCUT2D eigenvalue weighted by Crippen LogP contribution is 2.22. The zero-order chi connectivity index (χ0) is 10.7. The molecule has 0 aromatic carbocycles. The van der Waals surface area contributed by atoms with Crippen LogP contribution in [0.25, 0.3) is 0 Å². The molecule has 78 valence electrons. The lowest BCUT2D eigenvalue weighted by Gasteiger charge is -2.09. The van der Waals surface area contributed by atoms with Gasteiger partial charge >= 0.3 is 0 Å². The van der Waals surface area contributed by atoms with E-state index in [1.807, 2.05) is 0 Å². The minimum atomic E-state index is -2.71. The minimum absolute atomic E-state index is 0.0197. The molecule has 0 aliphatic carbocycles. The summed E-state index contributed by atoms with van der Waals surface area (Å²) >= 11 is 0. The molecule has 6 heteroatoms. The van der Waals surface area contributed by atoms with Crippen LogP contribution in [0.15, 0.2) is 11.0 Å². The quantitative estimate of drug-likeness (QED) is 0.660. The van der Waals surface area contributed by atoms with Gasteiger partial charge < -0.3 is 15.8 Å². The summed E-state index contributed by atoms with van der Waals surface area (Å²) in [6, 6.07) is 0. The maximum Gasteiger partial charge on any atom is 0.265 e. The average molecular weight is 204 g/mol. The van der Waals surface area contributed by atoms with Crippen molar-refractivity contribution in [3.8, 4) is 0 Å². The molecule has 0 bridgehead atoms. The van der Waals surface area contributed by atoms with Crippen LogP contribution >= 0.6 is 0 Å². The molecule has 0 saturated heterocycles. The third kappa shape index (κ3) is 1.80. The van der Waals surface area contributed by atoms with Crippen molar-refractivity contribution in [2.24, 2.45) is 5.73 Å². The largest absolute Gasteiger partial charge is 0.391 e. The fourth-order valence-corrected chi connectivity index (χ4v) is 1.23. The molecule has 1 heterocycles. The van der Waals surface area contributed by atoms with Crippen molar-refractivity contribution < 1.29 is 13.9 Å². The minimum Gasteiger partial charge on any atom is -0.391 e. The van der Waals surface area contributed by atoms with Crippen LogP contribution in [-0.4, -0.2) is 10.1 Å². The van der Waals surface area contributed by atoms with Gasteiger partial charge in [-0.2, -0.15) is 0 Å². The first-order chi connectivity index (χ1) is 6.61. The maximum absolute atomic E-state index is 12.4. The molecule has 1 aromatic rings. The van der Waals surface area contributed by atoms with Gasteiger partial charge in [0.1, 0.15) is 0 Å². The Bertz CT molecular complexity index is 376. The van der Waals surface area contributed by atoms with Crippen LogP contribution in [0.5, 0.6) is 0 Å². The number of H-pyrrole nitrogens is 1. The molecule has 4 nitrogen and oxygen atoms in total. The zero-order valence-corrected chi connectivity index (χ0v) is 7.26. The van der Waals surface area contributed by atoms with E-state index in [0.29, 0.717) is 0 Å². The van der Waals surface area contributed by atoms with Gasteiger partial charge in [0.2, 0.25) is 0 Å². The van der Waals surface area contributed by atoms with Crippen molar-refractivity contribution >= 4 is 0 Å². The van der Waals surface area contributed by atoms with E-state index < -0.39 is 18.6 Å². The molecule has 0 aliphatic heterocycles. The summed E-state index contributed by atoms with van der Waals surface area (Å²) in [6.45, 7) is -0.790. The van der Waals surface area contributed by atoms with Gasteiger partial charge in [0.15, 0.2) is 0 Å². The second-order valence-corrected chi connectivity index (χ2v) is 2.69. The van der Waals surface area contributed by atoms with E-state index in [0.717, 1.165) is 6.20 Å². The average Bonchev–Trinajstić information content (AvgIpc) is 2.16. The van der Waals surface area contributed by atoms with Gasteiger partial charge in [-0.3, -0.25) is 4.79 Å². The summed E-state index contributed by atoms with van der Waals surface area (Å²) in [6.07, 6.45) is -1.79. The molecule has 0 saturated carbocycles. The molecule has 0 atom stereocenters. The van der Waals surface area contributed by atoms with Crippen molar-refractivity contribution in [3.05, 3.63) is 33.2 Å². The number of halogens is 2. The lowest BCUT2D eigenvalue weighted by atomic mass is 10.1. The Morgan fingerprint density at radius 3 is 2.57 bits per heavy atom. The van der Waals surface area contributed by atoms with E-state index in [1.54, 1.807) is 0 Å². The predicted octanol–water partition coefficient (Wildman–Crippen LogP) is 0.264. The first-order valence-electron chi connectivity index (χ1n) is 3.94. The molecule has 1 aromatic heterocycles. The van der Waals surface area contributed by atoms with E-state index in [9.17, 15) is 13.6 Å². The highest BCUT2D eigenvalue weighted by atomic mass is 19.3. The number of aliphatic hydroxyl groups excluding tert-OH is 1. The summed E-state index contributed by atoms with van der Waals surface area (Å²) in [5.41, 5.74) is 4.24. The van der Waals surface area contributed by atoms with E-state index in [-0.39, 0.29) is 23.2 Å². The van der Waals surface area contributed by atoms with Gasteiger partial charge in [-0.1, -0.05) is 0 Å². The van der Waals surface area contributed by atoms with Crippen LogP contribution in [0.4, 0.5) is 8.78 Å². The first-order valence-corrected chi connectivity index (χ1v) is 3.94. The standard InChI is InChI=1S/C8H10F2N2O2/c9-7(10)5-2-12-8(14)6(3-13)4(5)1-11/h2,7,13H,1,3,11H2,(H,12,14). The number of aromatic nitrogens is 1. The second-order valence-electron chi connectivity index (χ2n) is 2.69. The molecule has 0 spiro atoms. The van der Waals surface area contributed by atoms with Crippen LogP contribution < -0.4 is 11.3 Å².